The Labute approximate surface area is 224 Å². The number of hydrogen-bond donors (Lipinski definition) is 3. The van der Waals surface area contributed by atoms with Gasteiger partial charge in [-0.1, -0.05) is 26.2 Å². The minimum absolute atomic E-state index is 0.0250. The molecule has 4 fully saturated rings. The summed E-state index contributed by atoms with van der Waals surface area (Å²) in [6.45, 7) is 2.33. The molecule has 1 heterocycles. The van der Waals surface area contributed by atoms with Crippen LogP contribution in [0.4, 0.5) is 5.69 Å². The third-order valence-corrected chi connectivity index (χ3v) is 10.2. The first-order valence-electron chi connectivity index (χ1n) is 14.7. The van der Waals surface area contributed by atoms with Gasteiger partial charge in [0.15, 0.2) is 0 Å². The van der Waals surface area contributed by atoms with Crippen molar-refractivity contribution in [3.63, 3.8) is 0 Å². The quantitative estimate of drug-likeness (QED) is 0.364. The first kappa shape index (κ1) is 23.9. The van der Waals surface area contributed by atoms with Crippen LogP contribution in [-0.4, -0.2) is 27.8 Å². The van der Waals surface area contributed by atoms with E-state index in [9.17, 15) is 9.59 Å². The monoisotopic (exact) mass is 510 g/mol. The Morgan fingerprint density at radius 1 is 0.895 bits per heavy atom. The number of benzene rings is 2. The Morgan fingerprint density at radius 2 is 1.66 bits per heavy atom. The van der Waals surface area contributed by atoms with E-state index in [1.165, 1.54) is 32.1 Å². The Morgan fingerprint density at radius 3 is 2.47 bits per heavy atom. The molecule has 0 radical (unpaired) electrons. The highest BCUT2D eigenvalue weighted by Crippen LogP contribution is 2.59. The van der Waals surface area contributed by atoms with Crippen LogP contribution in [0.2, 0.25) is 0 Å². The van der Waals surface area contributed by atoms with Crippen LogP contribution in [0.1, 0.15) is 75.1 Å². The van der Waals surface area contributed by atoms with Gasteiger partial charge in [-0.15, -0.1) is 0 Å². The van der Waals surface area contributed by atoms with Gasteiger partial charge in [0.25, 0.3) is 5.91 Å². The number of carbonyl (C=O) groups excluding carboxylic acids is 2. The van der Waals surface area contributed by atoms with Gasteiger partial charge < -0.3 is 15.6 Å². The van der Waals surface area contributed by atoms with Crippen molar-refractivity contribution >= 4 is 28.5 Å². The number of H-pyrrole nitrogens is 1. The molecular weight excluding hydrogens is 472 g/mol. The highest BCUT2D eigenvalue weighted by atomic mass is 16.2. The number of carbonyl (C=O) groups is 2. The van der Waals surface area contributed by atoms with Gasteiger partial charge in [0.2, 0.25) is 5.91 Å². The summed E-state index contributed by atoms with van der Waals surface area (Å²) in [6, 6.07) is 13.9. The Kier molecular flexibility index (Phi) is 6.01. The third-order valence-electron chi connectivity index (χ3n) is 10.2. The maximum absolute atomic E-state index is 13.3. The summed E-state index contributed by atoms with van der Waals surface area (Å²) in [6.07, 6.45) is 10.8. The zero-order valence-corrected chi connectivity index (χ0v) is 22.2. The van der Waals surface area contributed by atoms with E-state index in [1.807, 2.05) is 42.5 Å². The summed E-state index contributed by atoms with van der Waals surface area (Å²) in [7, 11) is 0. The van der Waals surface area contributed by atoms with E-state index >= 15 is 0 Å². The fourth-order valence-electron chi connectivity index (χ4n) is 8.17. The SMILES string of the molecule is C[C@@H]1C[C@@H]2C[C@H]3CC(CC32)C1NC(=O)c1ccc2nc(-c3ccc(NC(=O)C4CCCCC4)cc3)[nH]c2c1. The van der Waals surface area contributed by atoms with E-state index in [-0.39, 0.29) is 23.8 Å². The van der Waals surface area contributed by atoms with Crippen molar-refractivity contribution in [1.29, 1.82) is 0 Å². The molecule has 6 nitrogen and oxygen atoms in total. The van der Waals surface area contributed by atoms with Crippen molar-refractivity contribution < 1.29 is 9.59 Å². The first-order chi connectivity index (χ1) is 18.5. The molecule has 3 aromatic rings. The van der Waals surface area contributed by atoms with Gasteiger partial charge in [-0.05, 0) is 111 Å². The average Bonchev–Trinajstić information content (AvgIpc) is 3.48. The highest BCUT2D eigenvalue weighted by Gasteiger charge is 2.53. The molecule has 4 aliphatic carbocycles. The fourth-order valence-corrected chi connectivity index (χ4v) is 8.17. The third kappa shape index (κ3) is 4.32. The minimum atomic E-state index is 0.0250. The van der Waals surface area contributed by atoms with Crippen LogP contribution < -0.4 is 10.6 Å². The number of aromatic amines is 1. The molecule has 0 aliphatic heterocycles. The fraction of sp³-hybridized carbons (Fsp3) is 0.531. The smallest absolute Gasteiger partial charge is 0.251 e. The maximum Gasteiger partial charge on any atom is 0.251 e. The molecule has 4 aliphatic rings. The van der Waals surface area contributed by atoms with Crippen molar-refractivity contribution in [1.82, 2.24) is 15.3 Å². The predicted molar refractivity (Wildman–Crippen MR) is 150 cm³/mol. The molecule has 3 N–H and O–H groups in total. The van der Waals surface area contributed by atoms with Crippen LogP contribution in [0.25, 0.3) is 22.4 Å². The summed E-state index contributed by atoms with van der Waals surface area (Å²) in [5.74, 6) is 4.96. The van der Waals surface area contributed by atoms with E-state index < -0.39 is 0 Å². The molecule has 1 aromatic heterocycles. The second-order valence-electron chi connectivity index (χ2n) is 12.6. The lowest BCUT2D eigenvalue weighted by atomic mass is 9.63. The molecule has 6 heteroatoms. The second-order valence-corrected chi connectivity index (χ2v) is 12.6. The van der Waals surface area contributed by atoms with Crippen LogP contribution in [-0.2, 0) is 4.79 Å². The molecule has 2 amide bonds. The number of hydrogen-bond acceptors (Lipinski definition) is 3. The first-order valence-corrected chi connectivity index (χ1v) is 14.7. The molecule has 2 aromatic carbocycles. The van der Waals surface area contributed by atoms with Gasteiger partial charge in [-0.25, -0.2) is 4.98 Å². The summed E-state index contributed by atoms with van der Waals surface area (Å²) >= 11 is 0. The van der Waals surface area contributed by atoms with Crippen molar-refractivity contribution in [2.75, 3.05) is 5.32 Å². The Bertz CT molecular complexity index is 1360. The van der Waals surface area contributed by atoms with Crippen molar-refractivity contribution in [2.45, 2.75) is 70.8 Å². The standard InChI is InChI=1S/C32H38N4O2/c1-18-13-22-14-23-15-24(16-26(22)23)29(18)36-32(38)21-9-12-27-28(17-21)35-30(34-27)19-7-10-25(11-8-19)33-31(37)20-5-3-2-4-6-20/h7-12,17-18,20,22-24,26,29H,2-6,13-16H2,1H3,(H,33,37)(H,34,35)(H,36,38)/t18-,22-,23+,24?,26?,29?/m1/s1. The summed E-state index contributed by atoms with van der Waals surface area (Å²) in [5.41, 5.74) is 4.15. The molecule has 2 bridgehead atoms. The molecular formula is C32H38N4O2. The summed E-state index contributed by atoms with van der Waals surface area (Å²) < 4.78 is 0. The van der Waals surface area contributed by atoms with E-state index in [4.69, 9.17) is 4.98 Å². The Balaban J connectivity index is 1.04. The largest absolute Gasteiger partial charge is 0.349 e. The Hall–Kier alpha value is -3.15. The van der Waals surface area contributed by atoms with Crippen LogP contribution in [0.3, 0.4) is 0 Å². The number of nitrogens with one attached hydrogen (secondary N) is 3. The van der Waals surface area contributed by atoms with E-state index in [1.54, 1.807) is 0 Å². The van der Waals surface area contributed by atoms with E-state index in [0.29, 0.717) is 17.4 Å². The van der Waals surface area contributed by atoms with Gasteiger partial charge in [-0.3, -0.25) is 9.59 Å². The molecule has 7 rings (SSSR count). The number of nitrogens with zero attached hydrogens (tertiary/aromatic N) is 1. The lowest BCUT2D eigenvalue weighted by Crippen LogP contribution is -2.45. The molecule has 0 spiro atoms. The number of imidazole rings is 1. The summed E-state index contributed by atoms with van der Waals surface area (Å²) in [4.78, 5) is 34.1. The van der Waals surface area contributed by atoms with Gasteiger partial charge in [0.05, 0.1) is 11.0 Å². The molecule has 0 saturated heterocycles. The molecule has 198 valence electrons. The van der Waals surface area contributed by atoms with Gasteiger partial charge >= 0.3 is 0 Å². The lowest BCUT2D eigenvalue weighted by Gasteiger charge is -2.43. The zero-order valence-electron chi connectivity index (χ0n) is 22.2. The number of fused-ring (bicyclic) bond motifs is 2. The van der Waals surface area contributed by atoms with Crippen molar-refractivity contribution in [3.05, 3.63) is 48.0 Å². The normalized spacial score (nSPS) is 30.4. The van der Waals surface area contributed by atoms with E-state index in [2.05, 4.69) is 22.5 Å². The summed E-state index contributed by atoms with van der Waals surface area (Å²) in [5, 5.41) is 6.51. The van der Waals surface area contributed by atoms with E-state index in [0.717, 1.165) is 71.5 Å². The zero-order chi connectivity index (χ0) is 25.8. The highest BCUT2D eigenvalue weighted by molar-refractivity contribution is 5.98. The number of aromatic nitrogens is 2. The molecule has 3 unspecified atom stereocenters. The van der Waals surface area contributed by atoms with Crippen LogP contribution >= 0.6 is 0 Å². The maximum atomic E-state index is 13.3. The van der Waals surface area contributed by atoms with Crippen molar-refractivity contribution in [2.24, 2.45) is 35.5 Å². The van der Waals surface area contributed by atoms with Gasteiger partial charge in [0.1, 0.15) is 5.82 Å². The molecule has 38 heavy (non-hydrogen) atoms. The van der Waals surface area contributed by atoms with Crippen LogP contribution in [0.15, 0.2) is 42.5 Å². The molecule has 4 saturated carbocycles. The number of rotatable bonds is 5. The number of anilines is 1. The lowest BCUT2D eigenvalue weighted by molar-refractivity contribution is -0.120. The average molecular weight is 511 g/mol. The van der Waals surface area contributed by atoms with Gasteiger partial charge in [-0.2, -0.15) is 0 Å². The van der Waals surface area contributed by atoms with Gasteiger partial charge in [0, 0.05) is 28.8 Å². The van der Waals surface area contributed by atoms with Crippen LogP contribution in [0, 0.1) is 35.5 Å². The molecule has 6 atom stereocenters. The topological polar surface area (TPSA) is 86.9 Å². The number of amides is 2. The van der Waals surface area contributed by atoms with Crippen LogP contribution in [0.5, 0.6) is 0 Å². The second kappa shape index (κ2) is 9.55. The predicted octanol–water partition coefficient (Wildman–Crippen LogP) is 6.55. The van der Waals surface area contributed by atoms with Crippen molar-refractivity contribution in [3.8, 4) is 11.4 Å². The minimum Gasteiger partial charge on any atom is -0.349 e.